The number of aliphatic carboxylic acids is 3. The zero-order chi connectivity index (χ0) is 93.0. The van der Waals surface area contributed by atoms with E-state index in [0.717, 1.165) is 48.0 Å². The number of benzene rings is 5. The van der Waals surface area contributed by atoms with E-state index in [4.69, 9.17) is 9.52 Å². The zero-order valence-corrected chi connectivity index (χ0v) is 75.7. The number of aromatic nitrogens is 1. The predicted octanol–water partition coefficient (Wildman–Crippen LogP) is 12.4. The molecule has 6 atom stereocenters. The number of hydrogen-bond acceptors (Lipinski definition) is 20. The number of rotatable bonds is 56. The summed E-state index contributed by atoms with van der Waals surface area (Å²) in [5.41, 5.74) is 6.04. The van der Waals surface area contributed by atoms with Crippen molar-refractivity contribution < 1.29 is 112 Å². The predicted molar refractivity (Wildman–Crippen MR) is 487 cm³/mol. The van der Waals surface area contributed by atoms with Gasteiger partial charge in [-0.15, -0.1) is 0 Å². The van der Waals surface area contributed by atoms with E-state index in [9.17, 15) is 79.5 Å². The second-order valence-electron chi connectivity index (χ2n) is 31.5. The van der Waals surface area contributed by atoms with Gasteiger partial charge in [-0.2, -0.15) is 8.42 Å². The summed E-state index contributed by atoms with van der Waals surface area (Å²) in [6, 6.07) is 28.5. The molecule has 9 rings (SSSR count). The summed E-state index contributed by atoms with van der Waals surface area (Å²) in [4.78, 5) is 148. The average Bonchev–Trinajstić information content (AvgIpc) is 1.65. The molecule has 2 aromatic heterocycles. The Morgan fingerprint density at radius 3 is 1.80 bits per heavy atom. The normalized spacial score (nSPS) is 14.2. The lowest BCUT2D eigenvalue weighted by Gasteiger charge is -2.30. The number of sulfonamides is 1. The molecule has 0 spiro atoms. The second kappa shape index (κ2) is 47.7. The third kappa shape index (κ3) is 28.2. The lowest BCUT2D eigenvalue weighted by Crippen LogP contribution is -2.50. The number of anilines is 2. The first kappa shape index (κ1) is 101. The van der Waals surface area contributed by atoms with Crippen molar-refractivity contribution in [2.75, 3.05) is 60.6 Å². The standard InChI is InChI=1S/C90H111BF2N10O21S4/c1-7-100(8-2)65-31-36-70-79(53-65)124-80-54-66(101(9-3)10-4)32-37-71(80)86(70)72-38-35-69(55-81(72)128(120,121)122)127(118,119)95-45-46-125-126-56-63(88(113)114)51-77(106)73(43-44-94-82(108)40-33-64-29-30-67-52-76-58(5)47-59(6)102(76)91(92,93)103(64)67)97-87(112)62(48-60-23-17-15-18-24-60)50-78(107)75(49-61-25-19-16-20-26-61)96-83(109)28-22-14-12-11-13-21-27-68(105)34-39-74(89(115)116)98-90(117)99-84(123-57-104)41-42-85(110)111/h15-20,23-26,29-32,35-38,47,52-55,57,62-63,73-75,84,95H,7-14,21-22,27-28,33-34,39-46,48-51,56H2,1-6H3,(H8-,94,96,97,98,99,108,109,110,111,112,113,114,115,116,117,120,121,122)/p+1/t62-,63?,73?,74+,75+,84-/m1/s1. The molecule has 0 fully saturated rings. The van der Waals surface area contributed by atoms with Gasteiger partial charge < -0.3 is 74.0 Å². The fourth-order valence-electron chi connectivity index (χ4n) is 15.8. The topological polar surface area (TPSA) is 444 Å². The molecule has 0 saturated heterocycles. The van der Waals surface area contributed by atoms with Crippen molar-refractivity contribution in [1.29, 1.82) is 0 Å². The molecule has 4 heterocycles. The van der Waals surface area contributed by atoms with Crippen LogP contribution in [0.4, 0.5) is 24.8 Å². The molecular weight excluding hydrogens is 1730 g/mol. The summed E-state index contributed by atoms with van der Waals surface area (Å²) in [6.45, 7) is 9.22. The maximum absolute atomic E-state index is 16.4. The summed E-state index contributed by atoms with van der Waals surface area (Å²) >= 11 is 0. The molecule has 0 aliphatic carbocycles. The number of carboxylic acids is 3. The van der Waals surface area contributed by atoms with Gasteiger partial charge in [-0.05, 0) is 145 Å². The molecule has 2 aliphatic heterocycles. The summed E-state index contributed by atoms with van der Waals surface area (Å²) in [5, 5.41) is 43.1. The number of aryl methyl sites for hydroxylation is 2. The van der Waals surface area contributed by atoms with Crippen molar-refractivity contribution in [3.63, 3.8) is 0 Å². The molecule has 2 aliphatic rings. The van der Waals surface area contributed by atoms with E-state index >= 15 is 13.4 Å². The summed E-state index contributed by atoms with van der Waals surface area (Å²) in [6.07, 6.45) is 4.05. The van der Waals surface area contributed by atoms with E-state index in [1.54, 1.807) is 105 Å². The van der Waals surface area contributed by atoms with Crippen molar-refractivity contribution in [1.82, 2.24) is 35.8 Å². The van der Waals surface area contributed by atoms with Gasteiger partial charge in [-0.3, -0.25) is 47.7 Å². The zero-order valence-electron chi connectivity index (χ0n) is 72.4. The van der Waals surface area contributed by atoms with E-state index in [0.29, 0.717) is 120 Å². The number of carbonyl (C=O) groups is 11. The Kier molecular flexibility index (Phi) is 37.5. The smallest absolute Gasteiger partial charge is 0.481 e. The number of halogens is 2. The molecular formula is C90H112BF2N10O21S4+. The number of carbonyl (C=O) groups excluding carboxylic acids is 8. The van der Waals surface area contributed by atoms with Gasteiger partial charge in [-0.1, -0.05) is 114 Å². The van der Waals surface area contributed by atoms with Crippen LogP contribution in [-0.4, -0.2) is 199 Å². The number of amides is 5. The van der Waals surface area contributed by atoms with Crippen LogP contribution in [0.1, 0.15) is 165 Å². The molecule has 10 N–H and O–H groups in total. The van der Waals surface area contributed by atoms with Gasteiger partial charge in [-0.25, -0.2) is 27.1 Å². The Balaban J connectivity index is 0.848. The Bertz CT molecular complexity index is 5450. The number of urea groups is 1. The fourth-order valence-corrected chi connectivity index (χ4v) is 20.0. The van der Waals surface area contributed by atoms with Gasteiger partial charge in [0.15, 0.2) is 23.5 Å². The maximum atomic E-state index is 16.4. The van der Waals surface area contributed by atoms with Gasteiger partial charge >= 0.3 is 42.1 Å². The van der Waals surface area contributed by atoms with E-state index in [-0.39, 0.29) is 118 Å². The van der Waals surface area contributed by atoms with Gasteiger partial charge in [0.2, 0.25) is 27.7 Å². The molecule has 5 aromatic carbocycles. The molecule has 38 heteroatoms. The SMILES string of the molecule is CCN(CC)c1ccc2c(-c3ccc(S(=O)(=O)NCCSSCC(CC(=O)C(CCNC(=O)CCC4=[N+]5C(=Cc6c(C)cc(C)n6[B-]5(F)F)C=C4)NC(=O)[C@@H](CC(=O)[C@H](Cc4ccccc4)NC(=O)CCCCCCCCC(=O)CC[C@H](NC(=O)N[C@@H](CCC(=O)O)OC=O)C(=O)O)Cc4ccccc4)C(=O)O)cc3S(=O)(=O)O)c3ccc(N(CC)CC)cc3[o+]c2c1. The number of hydrogen-bond donors (Lipinski definition) is 10. The first-order chi connectivity index (χ1) is 61.1. The number of fused-ring (bicyclic) bond motifs is 4. The third-order valence-electron chi connectivity index (χ3n) is 22.6. The first-order valence-electron chi connectivity index (χ1n) is 42.9. The van der Waals surface area contributed by atoms with Crippen LogP contribution in [0, 0.1) is 25.7 Å². The van der Waals surface area contributed by atoms with E-state index in [1.165, 1.54) is 18.2 Å². The van der Waals surface area contributed by atoms with E-state index < -0.39 is 146 Å². The molecule has 0 bridgehead atoms. The summed E-state index contributed by atoms with van der Waals surface area (Å²) in [7, 11) is -7.59. The molecule has 5 amide bonds. The van der Waals surface area contributed by atoms with Crippen LogP contribution >= 0.6 is 21.6 Å². The highest BCUT2D eigenvalue weighted by Gasteiger charge is 2.52. The van der Waals surface area contributed by atoms with Crippen molar-refractivity contribution in [3.8, 4) is 11.1 Å². The molecule has 688 valence electrons. The van der Waals surface area contributed by atoms with Crippen molar-refractivity contribution in [2.45, 2.75) is 198 Å². The highest BCUT2D eigenvalue weighted by Crippen LogP contribution is 2.43. The van der Waals surface area contributed by atoms with Crippen LogP contribution in [0.25, 0.3) is 39.1 Å². The molecule has 7 aromatic rings. The Labute approximate surface area is 750 Å². The van der Waals surface area contributed by atoms with Crippen molar-refractivity contribution in [2.24, 2.45) is 11.8 Å². The summed E-state index contributed by atoms with van der Waals surface area (Å²) in [5.74, 6) is -10.3. The molecule has 31 nitrogen and oxygen atoms in total. The van der Waals surface area contributed by atoms with Gasteiger partial charge in [0.25, 0.3) is 16.6 Å². The summed E-state index contributed by atoms with van der Waals surface area (Å²) < 4.78 is 114. The second-order valence-corrected chi connectivity index (χ2v) is 37.3. The number of nitrogens with zero attached hydrogens (tertiary/aromatic N) is 4. The van der Waals surface area contributed by atoms with Crippen molar-refractivity contribution in [3.05, 3.63) is 167 Å². The number of carboxylic acid groups (broad SMARTS) is 3. The number of allylic oxidation sites excluding steroid dienone is 2. The van der Waals surface area contributed by atoms with Crippen LogP contribution in [0.5, 0.6) is 0 Å². The average molecular weight is 1850 g/mol. The van der Waals surface area contributed by atoms with Crippen LogP contribution in [-0.2, 0) is 85.7 Å². The number of ether oxygens (including phenoxy) is 1. The Morgan fingerprint density at radius 1 is 0.609 bits per heavy atom. The fraction of sp³-hybridized carbons (Fsp3) is 0.433. The van der Waals surface area contributed by atoms with Crippen LogP contribution < -0.4 is 41.1 Å². The van der Waals surface area contributed by atoms with E-state index in [2.05, 4.69) is 45.8 Å². The number of Topliss-reactive ketones (excluding diaryl/α,β-unsaturated/α-hetero) is 3. The van der Waals surface area contributed by atoms with E-state index in [1.807, 2.05) is 52.0 Å². The molecule has 128 heavy (non-hydrogen) atoms. The monoisotopic (exact) mass is 1850 g/mol. The minimum Gasteiger partial charge on any atom is -0.481 e. The number of nitrogens with one attached hydrogen (secondary N) is 6. The lowest BCUT2D eigenvalue weighted by atomic mass is 9.89. The Morgan fingerprint density at radius 2 is 1.21 bits per heavy atom. The highest BCUT2D eigenvalue weighted by atomic mass is 33.1. The maximum Gasteiger partial charge on any atom is 0.737 e. The highest BCUT2D eigenvalue weighted by molar-refractivity contribution is 8.76. The quantitative estimate of drug-likeness (QED) is 0.00247. The first-order valence-corrected chi connectivity index (χ1v) is 48.3. The lowest BCUT2D eigenvalue weighted by molar-refractivity contribution is -0.362. The van der Waals surface area contributed by atoms with Crippen molar-refractivity contribution >= 4 is 159 Å². The Hall–Kier alpha value is -11.2. The molecule has 0 saturated carbocycles. The van der Waals surface area contributed by atoms with Gasteiger partial charge in [0, 0.05) is 154 Å². The van der Waals surface area contributed by atoms with Crippen LogP contribution in [0.15, 0.2) is 153 Å². The third-order valence-corrected chi connectivity index (χ3v) is 27.4. The van der Waals surface area contributed by atoms with Crippen LogP contribution in [0.2, 0.25) is 0 Å². The minimum absolute atomic E-state index is 0.00530. The molecule has 2 unspecified atom stereocenters. The van der Waals surface area contributed by atoms with Crippen LogP contribution in [0.3, 0.4) is 0 Å². The number of unbranched alkanes of at least 4 members (excludes halogenated alkanes) is 5. The van der Waals surface area contributed by atoms with Gasteiger partial charge in [0.1, 0.15) is 22.4 Å². The van der Waals surface area contributed by atoms with Gasteiger partial charge in [0.05, 0.1) is 52.2 Å². The minimum atomic E-state index is -5.14. The number of ketones is 3. The largest absolute Gasteiger partial charge is 0.737 e. The molecule has 0 radical (unpaired) electrons.